The zero-order valence-corrected chi connectivity index (χ0v) is 36.3. The topological polar surface area (TPSA) is 166 Å². The average Bonchev–Trinajstić information content (AvgIpc) is 3.77. The zero-order valence-electron chi connectivity index (χ0n) is 35.5. The summed E-state index contributed by atoms with van der Waals surface area (Å²) < 4.78 is 28.5. The van der Waals surface area contributed by atoms with E-state index in [9.17, 15) is 24.1 Å². The summed E-state index contributed by atoms with van der Waals surface area (Å²) in [4.78, 5) is 73.3. The predicted octanol–water partition coefficient (Wildman–Crippen LogP) is 6.88. The molecular formula is C41H64N5O10S+. The molecule has 4 amide bonds. The fourth-order valence-corrected chi connectivity index (χ4v) is 6.70. The van der Waals surface area contributed by atoms with Crippen molar-refractivity contribution in [2.75, 3.05) is 52.7 Å². The van der Waals surface area contributed by atoms with Crippen LogP contribution in [0.25, 0.3) is 10.4 Å². The maximum Gasteiger partial charge on any atom is 0.419 e. The molecule has 0 bridgehead atoms. The van der Waals surface area contributed by atoms with E-state index in [4.69, 9.17) is 23.7 Å². The Hall–Kier alpha value is -3.99. The van der Waals surface area contributed by atoms with Gasteiger partial charge >= 0.3 is 12.2 Å². The van der Waals surface area contributed by atoms with Gasteiger partial charge in [0.25, 0.3) is 12.1 Å². The molecule has 0 aliphatic carbocycles. The number of benzene rings is 1. The number of carbonyl (C=O) groups is 4. The van der Waals surface area contributed by atoms with Gasteiger partial charge in [-0.05, 0) is 78.7 Å². The predicted molar refractivity (Wildman–Crippen MR) is 217 cm³/mol. The quantitative estimate of drug-likeness (QED) is 0.116. The lowest BCUT2D eigenvalue weighted by molar-refractivity contribution is -0.617. The first-order chi connectivity index (χ1) is 26.7. The van der Waals surface area contributed by atoms with Crippen molar-refractivity contribution in [3.8, 4) is 10.4 Å². The third kappa shape index (κ3) is 16.4. The number of carbonyl (C=O) groups excluding carboxylic acids is 4. The van der Waals surface area contributed by atoms with Gasteiger partial charge in [-0.15, -0.1) is 11.3 Å². The minimum Gasteiger partial charge on any atom is -0.443 e. The smallest absolute Gasteiger partial charge is 0.419 e. The molecule has 0 saturated carbocycles. The number of aromatic nitrogens is 1. The summed E-state index contributed by atoms with van der Waals surface area (Å²) >= 11 is 1.58. The molecule has 0 radical (unpaired) electrons. The Morgan fingerprint density at radius 1 is 0.877 bits per heavy atom. The van der Waals surface area contributed by atoms with Crippen LogP contribution in [0.15, 0.2) is 29.8 Å². The molecule has 15 nitrogen and oxygen atoms in total. The minimum absolute atomic E-state index is 0.0252. The third-order valence-electron chi connectivity index (χ3n) is 8.63. The van der Waals surface area contributed by atoms with Crippen LogP contribution >= 0.6 is 11.3 Å². The van der Waals surface area contributed by atoms with Crippen LogP contribution in [-0.2, 0) is 39.8 Å². The van der Waals surface area contributed by atoms with Crippen molar-refractivity contribution >= 4 is 35.3 Å². The molecule has 1 aliphatic rings. The van der Waals surface area contributed by atoms with Crippen LogP contribution in [0.4, 0.5) is 9.59 Å². The van der Waals surface area contributed by atoms with E-state index in [-0.39, 0.29) is 38.8 Å². The van der Waals surface area contributed by atoms with E-state index in [0.717, 1.165) is 31.4 Å². The second-order valence-electron chi connectivity index (χ2n) is 17.2. The lowest BCUT2D eigenvalue weighted by Gasteiger charge is -2.33. The van der Waals surface area contributed by atoms with Gasteiger partial charge in [-0.25, -0.2) is 19.5 Å². The summed E-state index contributed by atoms with van der Waals surface area (Å²) in [5.41, 5.74) is 2.53. The van der Waals surface area contributed by atoms with E-state index in [1.807, 2.05) is 57.5 Å². The molecule has 1 fully saturated rings. The monoisotopic (exact) mass is 818 g/mol. The Morgan fingerprint density at radius 3 is 1.96 bits per heavy atom. The molecule has 2 heterocycles. The second kappa shape index (κ2) is 21.7. The van der Waals surface area contributed by atoms with Crippen molar-refractivity contribution < 1.29 is 47.6 Å². The zero-order chi connectivity index (χ0) is 42.4. The van der Waals surface area contributed by atoms with Gasteiger partial charge in [0.15, 0.2) is 0 Å². The molecule has 57 heavy (non-hydrogen) atoms. The summed E-state index contributed by atoms with van der Waals surface area (Å²) in [6.45, 7) is 19.8. The Kier molecular flexibility index (Phi) is 18.0. The Labute approximate surface area is 341 Å². The number of hydrogen-bond donors (Lipinski definition) is 1. The summed E-state index contributed by atoms with van der Waals surface area (Å²) in [7, 11) is 0. The van der Waals surface area contributed by atoms with Crippen LogP contribution in [0.1, 0.15) is 99.3 Å². The molecule has 3 rings (SSSR count). The fraction of sp³-hybridized carbons (Fsp3) is 0.683. The number of thiazole rings is 1. The highest BCUT2D eigenvalue weighted by molar-refractivity contribution is 7.13. The molecule has 2 unspecified atom stereocenters. The van der Waals surface area contributed by atoms with Crippen LogP contribution in [0, 0.1) is 17.2 Å². The van der Waals surface area contributed by atoms with Gasteiger partial charge in [0.1, 0.15) is 23.9 Å². The van der Waals surface area contributed by atoms with E-state index >= 15 is 0 Å². The van der Waals surface area contributed by atoms with Crippen LogP contribution in [0.3, 0.4) is 0 Å². The molecule has 1 aromatic carbocycles. The summed E-state index contributed by atoms with van der Waals surface area (Å²) in [5.74, 6) is -0.694. The van der Waals surface area contributed by atoms with Crippen molar-refractivity contribution in [2.24, 2.45) is 5.41 Å². The number of nitrogens with one attached hydrogen (secondary N) is 1. The first-order valence-electron chi connectivity index (χ1n) is 19.7. The first-order valence-corrected chi connectivity index (χ1v) is 20.5. The highest BCUT2D eigenvalue weighted by Crippen LogP contribution is 2.29. The number of hydrogen-bond acceptors (Lipinski definition) is 12. The number of aryl methyl sites for hydroxylation is 1. The molecular weight excluding hydrogens is 755 g/mol. The van der Waals surface area contributed by atoms with Crippen molar-refractivity contribution in [2.45, 2.75) is 125 Å². The van der Waals surface area contributed by atoms with Gasteiger partial charge in [0.2, 0.25) is 12.5 Å². The maximum absolute atomic E-state index is 13.9. The highest BCUT2D eigenvalue weighted by atomic mass is 32.1. The van der Waals surface area contributed by atoms with Gasteiger partial charge in [0.05, 0.1) is 29.2 Å². The molecule has 318 valence electrons. The number of likely N-dealkylation sites (tertiary alicyclic amines) is 1. The van der Waals surface area contributed by atoms with Crippen molar-refractivity contribution in [3.05, 3.63) is 45.9 Å². The van der Waals surface area contributed by atoms with Gasteiger partial charge in [-0.2, -0.15) is 0 Å². The summed E-state index contributed by atoms with van der Waals surface area (Å²) in [6.07, 6.45) is 0.181. The lowest BCUT2D eigenvalue weighted by atomic mass is 9.85. The Balaban J connectivity index is 1.34. The van der Waals surface area contributed by atoms with Gasteiger partial charge in [0, 0.05) is 54.6 Å². The van der Waals surface area contributed by atoms with E-state index in [2.05, 4.69) is 10.3 Å². The third-order valence-corrected chi connectivity index (χ3v) is 9.61. The molecule has 1 saturated heterocycles. The molecule has 1 aliphatic heterocycles. The van der Waals surface area contributed by atoms with Crippen LogP contribution in [0.5, 0.6) is 0 Å². The number of nitrogens with zero attached hydrogens (tertiary/aromatic N) is 4. The highest BCUT2D eigenvalue weighted by Gasteiger charge is 2.45. The Bertz CT molecular complexity index is 1600. The number of imide groups is 1. The van der Waals surface area contributed by atoms with E-state index < -0.39 is 46.9 Å². The first kappa shape index (κ1) is 47.4. The average molecular weight is 819 g/mol. The molecule has 16 heteroatoms. The molecule has 1 N–H and O–H groups in total. The summed E-state index contributed by atoms with van der Waals surface area (Å²) in [5, 5.41) is 2.86. The van der Waals surface area contributed by atoms with Crippen molar-refractivity contribution in [1.82, 2.24) is 20.1 Å². The maximum atomic E-state index is 13.9. The lowest BCUT2D eigenvalue weighted by Crippen LogP contribution is -2.57. The molecule has 1 aromatic heterocycles. The van der Waals surface area contributed by atoms with Gasteiger partial charge in [-0.3, -0.25) is 14.5 Å². The van der Waals surface area contributed by atoms with Crippen LogP contribution in [0.2, 0.25) is 0 Å². The number of amides is 4. The van der Waals surface area contributed by atoms with Crippen LogP contribution < -0.4 is 5.32 Å². The number of rotatable bonds is 19. The SMILES string of the molecule is Cc1ncsc1-c1ccc(C[N+](=O)C2CCCN2C(=O)C(NC(=O)COCCCOCCCOCCN(C(=O)OC(C)(C)C)C(=O)OC(C)(C)C)C(C)(C)C)cc1. The second-order valence-corrected chi connectivity index (χ2v) is 18.0. The van der Waals surface area contributed by atoms with Crippen molar-refractivity contribution in [1.29, 1.82) is 0 Å². The van der Waals surface area contributed by atoms with Gasteiger partial charge in [-0.1, -0.05) is 45.0 Å². The number of nitroso groups, excluding NO2 is 1. The van der Waals surface area contributed by atoms with E-state index in [1.165, 1.54) is 0 Å². The minimum atomic E-state index is -0.840. The van der Waals surface area contributed by atoms with E-state index in [0.29, 0.717) is 52.0 Å². The van der Waals surface area contributed by atoms with Gasteiger partial charge < -0.3 is 29.0 Å². The van der Waals surface area contributed by atoms with E-state index in [1.54, 1.807) is 57.8 Å². The molecule has 2 aromatic rings. The Morgan fingerprint density at radius 2 is 1.44 bits per heavy atom. The standard InChI is InChI=1S/C41H63N5O10S/c1-29-34(57-28-42-29)31-17-15-30(16-18-31)26-46(51)33-14-11-19-44(33)36(48)35(39(2,3)4)43-32(47)27-54-24-13-22-52-21-12-23-53-25-20-45(37(49)55-40(5,6)7)38(50)56-41(8,9)10/h15-18,28,33,35H,11-14,19-27H2,1-10H3/p+1. The molecule has 0 spiro atoms. The van der Waals surface area contributed by atoms with Crippen molar-refractivity contribution in [3.63, 3.8) is 0 Å². The number of ether oxygens (including phenoxy) is 5. The molecule has 2 atom stereocenters. The van der Waals surface area contributed by atoms with Crippen LogP contribution in [-0.4, -0.2) is 120 Å². The fourth-order valence-electron chi connectivity index (χ4n) is 5.89. The normalized spacial score (nSPS) is 15.3. The largest absolute Gasteiger partial charge is 0.443 e. The summed E-state index contributed by atoms with van der Waals surface area (Å²) in [6, 6.07) is 7.01.